The first-order valence-electron chi connectivity index (χ1n) is 6.86. The van der Waals surface area contributed by atoms with Gasteiger partial charge in [0.25, 0.3) is 5.92 Å². The highest BCUT2D eigenvalue weighted by atomic mass is 19.3. The van der Waals surface area contributed by atoms with Gasteiger partial charge in [0.15, 0.2) is 0 Å². The lowest BCUT2D eigenvalue weighted by Gasteiger charge is -2.19. The molecule has 106 valence electrons. The van der Waals surface area contributed by atoms with Crippen molar-refractivity contribution in [3.63, 3.8) is 0 Å². The molecule has 1 nitrogen and oxygen atoms in total. The second kappa shape index (κ2) is 8.05. The van der Waals surface area contributed by atoms with Crippen molar-refractivity contribution in [2.45, 2.75) is 51.1 Å². The minimum absolute atomic E-state index is 0.239. The van der Waals surface area contributed by atoms with Gasteiger partial charge in [0.05, 0.1) is 0 Å². The van der Waals surface area contributed by atoms with Crippen LogP contribution in [0.5, 0.6) is 0 Å². The van der Waals surface area contributed by atoms with Gasteiger partial charge >= 0.3 is 0 Å². The van der Waals surface area contributed by atoms with Gasteiger partial charge in [-0.2, -0.15) is 8.78 Å². The Kier molecular flexibility index (Phi) is 6.71. The first kappa shape index (κ1) is 15.8. The Morgan fingerprint density at radius 2 is 1.84 bits per heavy atom. The molecule has 0 saturated heterocycles. The molecule has 0 aliphatic carbocycles. The average Bonchev–Trinajstić information content (AvgIpc) is 2.43. The van der Waals surface area contributed by atoms with Gasteiger partial charge in [-0.25, -0.2) is 0 Å². The van der Waals surface area contributed by atoms with E-state index >= 15 is 0 Å². The van der Waals surface area contributed by atoms with Crippen LogP contribution in [0.4, 0.5) is 8.78 Å². The molecule has 0 spiro atoms. The predicted octanol–water partition coefficient (Wildman–Crippen LogP) is 4.88. The fourth-order valence-corrected chi connectivity index (χ4v) is 1.88. The summed E-state index contributed by atoms with van der Waals surface area (Å²) in [5, 5.41) is 9.69. The van der Waals surface area contributed by atoms with Crippen molar-refractivity contribution < 1.29 is 13.9 Å². The molecule has 0 heterocycles. The van der Waals surface area contributed by atoms with Gasteiger partial charge < -0.3 is 5.11 Å². The second-order valence-electron chi connectivity index (χ2n) is 4.74. The maximum Gasteiger partial charge on any atom is 0.295 e. The van der Waals surface area contributed by atoms with Gasteiger partial charge in [-0.05, 0) is 24.5 Å². The third kappa shape index (κ3) is 5.52. The van der Waals surface area contributed by atoms with E-state index in [0.29, 0.717) is 6.42 Å². The fourth-order valence-electron chi connectivity index (χ4n) is 1.88. The molecule has 0 aliphatic heterocycles. The summed E-state index contributed by atoms with van der Waals surface area (Å²) >= 11 is 0. The van der Waals surface area contributed by atoms with E-state index in [4.69, 9.17) is 0 Å². The number of rotatable bonds is 8. The summed E-state index contributed by atoms with van der Waals surface area (Å²) in [6, 6.07) is 8.03. The molecule has 0 fully saturated rings. The molecule has 1 aromatic carbocycles. The quantitative estimate of drug-likeness (QED) is 0.526. The highest BCUT2D eigenvalue weighted by Gasteiger charge is 2.36. The van der Waals surface area contributed by atoms with Gasteiger partial charge in [0.1, 0.15) is 6.10 Å². The molecular weight excluding hydrogens is 246 g/mol. The Morgan fingerprint density at radius 3 is 2.47 bits per heavy atom. The van der Waals surface area contributed by atoms with E-state index in [-0.39, 0.29) is 5.56 Å². The average molecular weight is 268 g/mol. The highest BCUT2D eigenvalue weighted by Crippen LogP contribution is 2.32. The Morgan fingerprint density at radius 1 is 1.16 bits per heavy atom. The van der Waals surface area contributed by atoms with E-state index in [1.165, 1.54) is 18.2 Å². The topological polar surface area (TPSA) is 20.2 Å². The minimum Gasteiger partial charge on any atom is -0.382 e. The number of halogens is 2. The highest BCUT2D eigenvalue weighted by molar-refractivity contribution is 5.21. The Labute approximate surface area is 114 Å². The van der Waals surface area contributed by atoms with Crippen LogP contribution in [0.2, 0.25) is 0 Å². The van der Waals surface area contributed by atoms with Crippen molar-refractivity contribution in [1.29, 1.82) is 0 Å². The third-order valence-electron chi connectivity index (χ3n) is 3.04. The van der Waals surface area contributed by atoms with Gasteiger partial charge in [-0.1, -0.05) is 62.6 Å². The smallest absolute Gasteiger partial charge is 0.295 e. The Balaban J connectivity index is 2.48. The number of unbranched alkanes of at least 4 members (excludes halogenated alkanes) is 4. The van der Waals surface area contributed by atoms with Gasteiger partial charge in [0.2, 0.25) is 0 Å². The summed E-state index contributed by atoms with van der Waals surface area (Å²) in [5.74, 6) is -3.22. The Bertz CT molecular complexity index is 374. The zero-order chi connectivity index (χ0) is 14.1. The number of hydrogen-bond acceptors (Lipinski definition) is 1. The number of benzene rings is 1. The summed E-state index contributed by atoms with van der Waals surface area (Å²) in [6.07, 6.45) is 5.41. The van der Waals surface area contributed by atoms with E-state index in [0.717, 1.165) is 31.8 Å². The van der Waals surface area contributed by atoms with Crippen LogP contribution in [-0.4, -0.2) is 11.0 Å². The minimum atomic E-state index is -3.22. The summed E-state index contributed by atoms with van der Waals surface area (Å²) in [4.78, 5) is 0. The lowest BCUT2D eigenvalue weighted by molar-refractivity contribution is -0.0716. The largest absolute Gasteiger partial charge is 0.382 e. The molecule has 1 atom stereocenters. The molecule has 0 aromatic heterocycles. The van der Waals surface area contributed by atoms with E-state index in [2.05, 4.69) is 6.92 Å². The third-order valence-corrected chi connectivity index (χ3v) is 3.04. The molecule has 19 heavy (non-hydrogen) atoms. The summed E-state index contributed by atoms with van der Waals surface area (Å²) in [6.45, 7) is 2.11. The first-order chi connectivity index (χ1) is 9.08. The van der Waals surface area contributed by atoms with Gasteiger partial charge in [0, 0.05) is 0 Å². The molecule has 0 saturated carbocycles. The summed E-state index contributed by atoms with van der Waals surface area (Å²) in [7, 11) is 0. The summed E-state index contributed by atoms with van der Waals surface area (Å²) in [5.41, 5.74) is 0.239. The molecule has 0 bridgehead atoms. The van der Waals surface area contributed by atoms with Crippen LogP contribution >= 0.6 is 0 Å². The standard InChI is InChI=1S/C16H22F2O/c1-2-3-4-5-6-10-13-16(17,18)15(19)14-11-8-7-9-12-14/h7-13,15,19H,2-6H2,1H3/b13-10-. The number of allylic oxidation sites excluding steroid dienone is 1. The monoisotopic (exact) mass is 268 g/mol. The molecule has 1 N–H and O–H groups in total. The van der Waals surface area contributed by atoms with Crippen molar-refractivity contribution in [3.05, 3.63) is 48.0 Å². The van der Waals surface area contributed by atoms with Crippen LogP contribution in [0.1, 0.15) is 50.7 Å². The van der Waals surface area contributed by atoms with E-state index in [1.807, 2.05) is 0 Å². The lowest BCUT2D eigenvalue weighted by atomic mass is 10.0. The first-order valence-corrected chi connectivity index (χ1v) is 6.86. The van der Waals surface area contributed by atoms with Gasteiger partial charge in [-0.3, -0.25) is 0 Å². The predicted molar refractivity (Wildman–Crippen MR) is 74.2 cm³/mol. The van der Waals surface area contributed by atoms with Crippen LogP contribution in [0.3, 0.4) is 0 Å². The Hall–Kier alpha value is -1.22. The van der Waals surface area contributed by atoms with Crippen LogP contribution in [0.25, 0.3) is 0 Å². The van der Waals surface area contributed by atoms with Gasteiger partial charge in [-0.15, -0.1) is 0 Å². The molecule has 0 amide bonds. The maximum absolute atomic E-state index is 13.7. The van der Waals surface area contributed by atoms with Crippen LogP contribution < -0.4 is 0 Å². The van der Waals surface area contributed by atoms with E-state index < -0.39 is 12.0 Å². The fraction of sp³-hybridized carbons (Fsp3) is 0.500. The lowest BCUT2D eigenvalue weighted by Crippen LogP contribution is -2.23. The SMILES string of the molecule is CCCCCC/C=C\C(F)(F)C(O)c1ccccc1. The molecule has 0 aliphatic rings. The molecule has 1 rings (SSSR count). The van der Waals surface area contributed by atoms with Crippen molar-refractivity contribution in [3.8, 4) is 0 Å². The van der Waals surface area contributed by atoms with Crippen molar-refractivity contribution in [2.24, 2.45) is 0 Å². The maximum atomic E-state index is 13.7. The van der Waals surface area contributed by atoms with Crippen molar-refractivity contribution in [1.82, 2.24) is 0 Å². The van der Waals surface area contributed by atoms with Crippen molar-refractivity contribution >= 4 is 0 Å². The molecular formula is C16H22F2O. The number of aliphatic hydroxyl groups excluding tert-OH is 1. The molecule has 0 radical (unpaired) electrons. The van der Waals surface area contributed by atoms with Crippen LogP contribution in [0, 0.1) is 0 Å². The van der Waals surface area contributed by atoms with Crippen LogP contribution in [0.15, 0.2) is 42.5 Å². The van der Waals surface area contributed by atoms with Crippen LogP contribution in [-0.2, 0) is 0 Å². The normalized spacial score (nSPS) is 13.9. The molecule has 1 unspecified atom stereocenters. The molecule has 1 aromatic rings. The zero-order valence-corrected chi connectivity index (χ0v) is 11.4. The molecule has 3 heteroatoms. The van der Waals surface area contributed by atoms with E-state index in [1.54, 1.807) is 18.2 Å². The zero-order valence-electron chi connectivity index (χ0n) is 11.4. The number of hydrogen-bond donors (Lipinski definition) is 1. The number of alkyl halides is 2. The summed E-state index contributed by atoms with van der Waals surface area (Å²) < 4.78 is 27.5. The number of aliphatic hydroxyl groups is 1. The second-order valence-corrected chi connectivity index (χ2v) is 4.74. The van der Waals surface area contributed by atoms with E-state index in [9.17, 15) is 13.9 Å². The van der Waals surface area contributed by atoms with Crippen molar-refractivity contribution in [2.75, 3.05) is 0 Å².